The lowest BCUT2D eigenvalue weighted by molar-refractivity contribution is 0.275. The third kappa shape index (κ3) is 4.56. The normalized spacial score (nSPS) is 30.9. The largest absolute Gasteiger partial charge is 0.312 e. The fraction of sp³-hybridized carbons (Fsp3) is 1.00. The van der Waals surface area contributed by atoms with Gasteiger partial charge in [-0.3, -0.25) is 0 Å². The SMILES string of the molecule is CC(C)(C)N1P(C)(=N[Si](C)(C)C)N(C(C)(C)C)P1(C)=N[Si](C)(C)C. The molecule has 1 saturated heterocycles. The van der Waals surface area contributed by atoms with E-state index in [1.54, 1.807) is 0 Å². The van der Waals surface area contributed by atoms with Crippen LogP contribution in [0, 0.1) is 0 Å². The standard InChI is InChI=1S/C16H42N4P2Si2/c1-15(2,3)19-21(7,17-23(9,10)11)20(16(4,5)6)22(19,8)18-24(12,13)14/h1-14H3. The van der Waals surface area contributed by atoms with E-state index >= 15 is 0 Å². The van der Waals surface area contributed by atoms with Gasteiger partial charge in [-0.2, -0.15) is 0 Å². The van der Waals surface area contributed by atoms with E-state index in [0.29, 0.717) is 0 Å². The summed E-state index contributed by atoms with van der Waals surface area (Å²) in [7, 11) is -6.50. The van der Waals surface area contributed by atoms with Crippen molar-refractivity contribution in [3.63, 3.8) is 0 Å². The van der Waals surface area contributed by atoms with Crippen LogP contribution < -0.4 is 0 Å². The summed E-state index contributed by atoms with van der Waals surface area (Å²) in [6, 6.07) is 0. The molecule has 24 heavy (non-hydrogen) atoms. The van der Waals surface area contributed by atoms with E-state index in [1.807, 2.05) is 0 Å². The Kier molecular flexibility index (Phi) is 5.88. The second kappa shape index (κ2) is 6.17. The van der Waals surface area contributed by atoms with Gasteiger partial charge >= 0.3 is 0 Å². The number of nitrogens with zero attached hydrogens (tertiary/aromatic N) is 4. The minimum Gasteiger partial charge on any atom is -0.312 e. The summed E-state index contributed by atoms with van der Waals surface area (Å²) in [5.41, 5.74) is 0.193. The molecule has 1 aliphatic rings. The first-order chi connectivity index (χ1) is 10.1. The molecule has 144 valence electrons. The summed E-state index contributed by atoms with van der Waals surface area (Å²) >= 11 is 0. The zero-order valence-corrected chi connectivity index (χ0v) is 22.5. The molecule has 1 rings (SSSR count). The Labute approximate surface area is 154 Å². The van der Waals surface area contributed by atoms with Crippen molar-refractivity contribution in [1.29, 1.82) is 0 Å². The first-order valence-electron chi connectivity index (χ1n) is 8.99. The maximum atomic E-state index is 5.55. The molecule has 0 aromatic carbocycles. The van der Waals surface area contributed by atoms with E-state index in [4.69, 9.17) is 8.82 Å². The lowest BCUT2D eigenvalue weighted by Gasteiger charge is -2.70. The molecule has 0 bridgehead atoms. The van der Waals surface area contributed by atoms with Crippen LogP contribution in [0.2, 0.25) is 39.3 Å². The smallest absolute Gasteiger partial charge is 0.173 e. The summed E-state index contributed by atoms with van der Waals surface area (Å²) in [5.74, 6) is 0. The molecule has 4 nitrogen and oxygen atoms in total. The van der Waals surface area contributed by atoms with Gasteiger partial charge in [-0.15, -0.1) is 0 Å². The van der Waals surface area contributed by atoms with Gasteiger partial charge < -0.3 is 8.82 Å². The second-order valence-electron chi connectivity index (χ2n) is 11.2. The topological polar surface area (TPSA) is 31.2 Å². The Morgan fingerprint density at radius 1 is 0.583 bits per heavy atom. The Balaban J connectivity index is 3.86. The minimum absolute atomic E-state index is 0.0963. The first-order valence-corrected chi connectivity index (χ1v) is 20.1. The molecular formula is C16H42N4P2Si2. The molecule has 1 aliphatic heterocycles. The summed E-state index contributed by atoms with van der Waals surface area (Å²) in [6.45, 7) is 33.2. The molecule has 0 saturated carbocycles. The van der Waals surface area contributed by atoms with Crippen LogP contribution in [0.15, 0.2) is 8.82 Å². The number of hydrogen-bond donors (Lipinski definition) is 0. The van der Waals surface area contributed by atoms with Gasteiger partial charge in [-0.25, -0.2) is 8.88 Å². The van der Waals surface area contributed by atoms with Crippen molar-refractivity contribution in [2.75, 3.05) is 13.3 Å². The van der Waals surface area contributed by atoms with E-state index in [9.17, 15) is 0 Å². The summed E-state index contributed by atoms with van der Waals surface area (Å²) in [6.07, 6.45) is 0. The summed E-state index contributed by atoms with van der Waals surface area (Å²) in [5, 5.41) is 0. The zero-order chi connectivity index (χ0) is 19.6. The Bertz CT molecular complexity index is 532. The zero-order valence-electron chi connectivity index (χ0n) is 18.7. The molecule has 0 spiro atoms. The molecular weight excluding hydrogens is 366 g/mol. The fourth-order valence-electron chi connectivity index (χ4n) is 4.35. The first kappa shape index (κ1) is 22.9. The molecule has 8 heteroatoms. The van der Waals surface area contributed by atoms with Gasteiger partial charge in [0.2, 0.25) is 0 Å². The maximum Gasteiger partial charge on any atom is 0.173 e. The van der Waals surface area contributed by atoms with Crippen LogP contribution in [0.1, 0.15) is 41.5 Å². The van der Waals surface area contributed by atoms with Gasteiger partial charge in [0.1, 0.15) is 0 Å². The highest BCUT2D eigenvalue weighted by atomic mass is 31.3. The van der Waals surface area contributed by atoms with Crippen LogP contribution >= 0.6 is 14.7 Å². The van der Waals surface area contributed by atoms with Crippen LogP contribution in [-0.2, 0) is 0 Å². The average molecular weight is 409 g/mol. The van der Waals surface area contributed by atoms with E-state index in [1.165, 1.54) is 0 Å². The molecule has 0 amide bonds. The predicted octanol–water partition coefficient (Wildman–Crippen LogP) is 7.19. The van der Waals surface area contributed by atoms with Crippen molar-refractivity contribution in [3.8, 4) is 0 Å². The Hall–Kier alpha value is 0.814. The van der Waals surface area contributed by atoms with Gasteiger partial charge in [0.15, 0.2) is 16.5 Å². The average Bonchev–Trinajstić information content (AvgIpc) is 2.00. The molecule has 0 unspecified atom stereocenters. The lowest BCUT2D eigenvalue weighted by atomic mass is 10.1. The van der Waals surface area contributed by atoms with Crippen LogP contribution in [0.4, 0.5) is 0 Å². The van der Waals surface area contributed by atoms with Gasteiger partial charge in [0.25, 0.3) is 0 Å². The highest BCUT2D eigenvalue weighted by Gasteiger charge is 2.61. The third-order valence-corrected chi connectivity index (χ3v) is 20.8. The van der Waals surface area contributed by atoms with E-state index in [2.05, 4.69) is 103 Å². The summed E-state index contributed by atoms with van der Waals surface area (Å²) < 4.78 is 16.7. The van der Waals surface area contributed by atoms with Gasteiger partial charge in [-0.1, -0.05) is 0 Å². The minimum atomic E-state index is -1.70. The molecule has 0 aliphatic carbocycles. The van der Waals surface area contributed by atoms with E-state index in [-0.39, 0.29) is 11.1 Å². The van der Waals surface area contributed by atoms with E-state index < -0.39 is 31.2 Å². The summed E-state index contributed by atoms with van der Waals surface area (Å²) in [4.78, 5) is 0. The third-order valence-electron chi connectivity index (χ3n) is 3.61. The van der Waals surface area contributed by atoms with Crippen LogP contribution in [-0.4, -0.2) is 49.8 Å². The molecule has 0 atom stereocenters. The van der Waals surface area contributed by atoms with Crippen molar-refractivity contribution >= 4 is 31.2 Å². The second-order valence-corrected chi connectivity index (χ2v) is 27.2. The molecule has 0 aromatic rings. The molecule has 0 radical (unpaired) electrons. The number of rotatable bonds is 2. The number of hydrogen-bond acceptors (Lipinski definition) is 2. The highest BCUT2D eigenvalue weighted by Crippen LogP contribution is 2.90. The van der Waals surface area contributed by atoms with Crippen LogP contribution in [0.3, 0.4) is 0 Å². The van der Waals surface area contributed by atoms with E-state index in [0.717, 1.165) is 0 Å². The fourth-order valence-corrected chi connectivity index (χ4v) is 26.7. The molecule has 1 heterocycles. The maximum absolute atomic E-state index is 5.55. The quantitative estimate of drug-likeness (QED) is 0.357. The van der Waals surface area contributed by atoms with Crippen molar-refractivity contribution in [3.05, 3.63) is 0 Å². The van der Waals surface area contributed by atoms with Gasteiger partial charge in [0, 0.05) is 11.1 Å². The van der Waals surface area contributed by atoms with Crippen molar-refractivity contribution in [2.45, 2.75) is 91.9 Å². The van der Waals surface area contributed by atoms with Gasteiger partial charge in [0.05, 0.1) is 14.7 Å². The monoisotopic (exact) mass is 408 g/mol. The molecule has 0 aromatic heterocycles. The Morgan fingerprint density at radius 2 is 0.792 bits per heavy atom. The Morgan fingerprint density at radius 3 is 0.917 bits per heavy atom. The predicted molar refractivity (Wildman–Crippen MR) is 120 cm³/mol. The van der Waals surface area contributed by atoms with Crippen molar-refractivity contribution in [1.82, 2.24) is 8.88 Å². The highest BCUT2D eigenvalue weighted by molar-refractivity contribution is 7.91. The molecule has 1 fully saturated rings. The van der Waals surface area contributed by atoms with Crippen molar-refractivity contribution in [2.24, 2.45) is 8.82 Å². The van der Waals surface area contributed by atoms with Gasteiger partial charge in [-0.05, 0) is 94.2 Å². The van der Waals surface area contributed by atoms with Crippen molar-refractivity contribution < 1.29 is 0 Å². The lowest BCUT2D eigenvalue weighted by Crippen LogP contribution is -2.57. The van der Waals surface area contributed by atoms with Crippen LogP contribution in [0.25, 0.3) is 0 Å². The molecule has 0 N–H and O–H groups in total. The van der Waals surface area contributed by atoms with Crippen LogP contribution in [0.5, 0.6) is 0 Å².